The Hall–Kier alpha value is -2.70. The second kappa shape index (κ2) is 10.6. The fraction of sp³-hybridized carbons (Fsp3) is 0.364. The zero-order valence-electron chi connectivity index (χ0n) is 17.2. The van der Waals surface area contributed by atoms with Crippen LogP contribution in [0, 0.1) is 13.8 Å². The van der Waals surface area contributed by atoms with Gasteiger partial charge in [-0.1, -0.05) is 36.4 Å². The monoisotopic (exact) mass is 390 g/mol. The molecule has 0 radical (unpaired) electrons. The molecular formula is C22H30O6. The second-order valence-corrected chi connectivity index (χ2v) is 7.36. The van der Waals surface area contributed by atoms with Crippen molar-refractivity contribution in [1.82, 2.24) is 0 Å². The first-order valence-electron chi connectivity index (χ1n) is 8.71. The number of aliphatic hydroxyl groups is 2. The summed E-state index contributed by atoms with van der Waals surface area (Å²) in [7, 11) is 0. The zero-order chi connectivity index (χ0) is 22.1. The maximum atomic E-state index is 10.4. The second-order valence-electron chi connectivity index (χ2n) is 7.36. The summed E-state index contributed by atoms with van der Waals surface area (Å²) in [6, 6.07) is 13.8. The Morgan fingerprint density at radius 1 is 0.643 bits per heavy atom. The van der Waals surface area contributed by atoms with E-state index in [1.54, 1.807) is 77.9 Å². The quantitative estimate of drug-likeness (QED) is 0.631. The number of hydrogen-bond acceptors (Lipinski definition) is 4. The van der Waals surface area contributed by atoms with Gasteiger partial charge in [-0.25, -0.2) is 9.59 Å². The first-order chi connectivity index (χ1) is 12.7. The Kier molecular flexibility index (Phi) is 9.57. The average Bonchev–Trinajstić information content (AvgIpc) is 2.54. The molecule has 0 unspecified atom stereocenters. The van der Waals surface area contributed by atoms with Gasteiger partial charge in [0.05, 0.1) is 22.3 Å². The fourth-order valence-electron chi connectivity index (χ4n) is 1.63. The summed E-state index contributed by atoms with van der Waals surface area (Å²) in [6.45, 7) is 9.87. The van der Waals surface area contributed by atoms with Gasteiger partial charge in [-0.15, -0.1) is 0 Å². The lowest BCUT2D eigenvalue weighted by Crippen LogP contribution is -2.44. The van der Waals surface area contributed by atoms with Gasteiger partial charge in [0.2, 0.25) is 0 Å². The van der Waals surface area contributed by atoms with Crippen molar-refractivity contribution in [1.29, 1.82) is 0 Å². The molecular weight excluding hydrogens is 360 g/mol. The van der Waals surface area contributed by atoms with E-state index in [0.29, 0.717) is 11.1 Å². The molecule has 0 amide bonds. The van der Waals surface area contributed by atoms with Crippen LogP contribution in [-0.4, -0.2) is 43.6 Å². The third-order valence-corrected chi connectivity index (χ3v) is 4.25. The van der Waals surface area contributed by atoms with Crippen LogP contribution in [0.3, 0.4) is 0 Å². The van der Waals surface area contributed by atoms with Crippen molar-refractivity contribution in [2.24, 2.45) is 0 Å². The van der Waals surface area contributed by atoms with Crippen LogP contribution in [0.15, 0.2) is 48.5 Å². The lowest BCUT2D eigenvalue weighted by Gasteiger charge is -2.31. The van der Waals surface area contributed by atoms with Crippen molar-refractivity contribution in [2.75, 3.05) is 0 Å². The van der Waals surface area contributed by atoms with E-state index in [-0.39, 0.29) is 0 Å². The number of carboxylic acids is 2. The molecule has 6 nitrogen and oxygen atoms in total. The van der Waals surface area contributed by atoms with E-state index in [0.717, 1.165) is 11.1 Å². The summed E-state index contributed by atoms with van der Waals surface area (Å²) in [6.07, 6.45) is 0. The Labute approximate surface area is 166 Å². The minimum atomic E-state index is -1.01. The molecule has 2 aromatic carbocycles. The molecule has 0 fully saturated rings. The lowest BCUT2D eigenvalue weighted by molar-refractivity contribution is -0.107. The number of carbonyl (C=O) groups is 2. The molecule has 4 N–H and O–H groups in total. The molecule has 0 aliphatic heterocycles. The van der Waals surface area contributed by atoms with Gasteiger partial charge in [-0.2, -0.15) is 0 Å². The van der Waals surface area contributed by atoms with Crippen molar-refractivity contribution in [3.8, 4) is 0 Å². The molecule has 6 heteroatoms. The minimum Gasteiger partial charge on any atom is -0.478 e. The summed E-state index contributed by atoms with van der Waals surface area (Å²) in [4.78, 5) is 20.8. The van der Waals surface area contributed by atoms with Gasteiger partial charge in [-0.3, -0.25) is 0 Å². The van der Waals surface area contributed by atoms with E-state index in [4.69, 9.17) is 20.4 Å². The molecule has 0 spiro atoms. The van der Waals surface area contributed by atoms with Gasteiger partial charge in [0.25, 0.3) is 0 Å². The Morgan fingerprint density at radius 2 is 0.893 bits per heavy atom. The largest absolute Gasteiger partial charge is 0.478 e. The van der Waals surface area contributed by atoms with Crippen LogP contribution in [-0.2, 0) is 0 Å². The van der Waals surface area contributed by atoms with Gasteiger partial charge >= 0.3 is 11.9 Å². The van der Waals surface area contributed by atoms with Crippen LogP contribution in [0.1, 0.15) is 59.5 Å². The van der Waals surface area contributed by atoms with Crippen LogP contribution in [0.2, 0.25) is 0 Å². The highest BCUT2D eigenvalue weighted by Gasteiger charge is 2.31. The van der Waals surface area contributed by atoms with Gasteiger partial charge in [0, 0.05) is 0 Å². The van der Waals surface area contributed by atoms with Crippen molar-refractivity contribution >= 4 is 11.9 Å². The van der Waals surface area contributed by atoms with E-state index < -0.39 is 23.1 Å². The van der Waals surface area contributed by atoms with E-state index in [2.05, 4.69) is 0 Å². The van der Waals surface area contributed by atoms with Crippen molar-refractivity contribution in [3.63, 3.8) is 0 Å². The van der Waals surface area contributed by atoms with Crippen LogP contribution < -0.4 is 0 Å². The fourth-order valence-corrected chi connectivity index (χ4v) is 1.63. The first-order valence-corrected chi connectivity index (χ1v) is 8.71. The van der Waals surface area contributed by atoms with Crippen molar-refractivity contribution in [2.45, 2.75) is 52.7 Å². The summed E-state index contributed by atoms with van der Waals surface area (Å²) in [5.41, 5.74) is 0.343. The number of aromatic carboxylic acids is 2. The number of rotatable bonds is 3. The summed E-state index contributed by atoms with van der Waals surface area (Å²) < 4.78 is 0. The maximum Gasteiger partial charge on any atom is 0.335 e. The van der Waals surface area contributed by atoms with E-state index in [9.17, 15) is 9.59 Å². The SMILES string of the molecule is CC(C)(O)C(C)(C)O.Cc1ccccc1C(=O)O.Cc1ccccc1C(=O)O. The van der Waals surface area contributed by atoms with Crippen LogP contribution >= 0.6 is 0 Å². The van der Waals surface area contributed by atoms with E-state index in [1.807, 2.05) is 12.1 Å². The van der Waals surface area contributed by atoms with E-state index >= 15 is 0 Å². The highest BCUT2D eigenvalue weighted by molar-refractivity contribution is 5.89. The zero-order valence-corrected chi connectivity index (χ0v) is 17.2. The maximum absolute atomic E-state index is 10.4. The lowest BCUT2D eigenvalue weighted by atomic mass is 9.90. The van der Waals surface area contributed by atoms with Gasteiger partial charge in [0.15, 0.2) is 0 Å². The molecule has 28 heavy (non-hydrogen) atoms. The number of carboxylic acid groups (broad SMARTS) is 2. The predicted octanol–water partition coefficient (Wildman–Crippen LogP) is 3.91. The molecule has 0 bridgehead atoms. The number of hydrogen-bond donors (Lipinski definition) is 4. The Morgan fingerprint density at radius 3 is 1.04 bits per heavy atom. The minimum absolute atomic E-state index is 0.377. The molecule has 0 saturated carbocycles. The molecule has 0 aliphatic rings. The third-order valence-electron chi connectivity index (χ3n) is 4.25. The molecule has 154 valence electrons. The van der Waals surface area contributed by atoms with Crippen molar-refractivity contribution in [3.05, 3.63) is 70.8 Å². The van der Waals surface area contributed by atoms with Gasteiger partial charge < -0.3 is 20.4 Å². The molecule has 0 atom stereocenters. The summed E-state index contributed by atoms with van der Waals surface area (Å²) >= 11 is 0. The van der Waals surface area contributed by atoms with E-state index in [1.165, 1.54) is 0 Å². The smallest absolute Gasteiger partial charge is 0.335 e. The summed E-state index contributed by atoms with van der Waals surface area (Å²) in [5, 5.41) is 35.3. The molecule has 2 rings (SSSR count). The molecule has 2 aromatic rings. The molecule has 0 aromatic heterocycles. The van der Waals surface area contributed by atoms with Gasteiger partial charge in [-0.05, 0) is 64.8 Å². The topological polar surface area (TPSA) is 115 Å². The normalized spacial score (nSPS) is 10.7. The third kappa shape index (κ3) is 8.79. The summed E-state index contributed by atoms with van der Waals surface area (Å²) in [5.74, 6) is -1.73. The van der Waals surface area contributed by atoms with Gasteiger partial charge in [0.1, 0.15) is 0 Å². The highest BCUT2D eigenvalue weighted by Crippen LogP contribution is 2.19. The number of benzene rings is 2. The first kappa shape index (κ1) is 25.3. The van der Waals surface area contributed by atoms with Crippen LogP contribution in [0.5, 0.6) is 0 Å². The molecule has 0 aliphatic carbocycles. The standard InChI is InChI=1S/2C8H8O2.C6H14O2/c2*1-6-4-2-3-5-7(6)8(9)10;1-5(2,7)6(3,4)8/h2*2-5H,1H3,(H,9,10);7-8H,1-4H3. The van der Waals surface area contributed by atoms with Crippen molar-refractivity contribution < 1.29 is 30.0 Å². The molecule has 0 saturated heterocycles. The Bertz CT molecular complexity index is 715. The Balaban J connectivity index is 0.000000394. The van der Waals surface area contributed by atoms with Crippen LogP contribution in [0.25, 0.3) is 0 Å². The highest BCUT2D eigenvalue weighted by atomic mass is 16.4. The number of aryl methyl sites for hydroxylation is 2. The average molecular weight is 390 g/mol. The predicted molar refractivity (Wildman–Crippen MR) is 109 cm³/mol. The van der Waals surface area contributed by atoms with Crippen LogP contribution in [0.4, 0.5) is 0 Å². The molecule has 0 heterocycles.